The van der Waals surface area contributed by atoms with Crippen LogP contribution in [0.3, 0.4) is 0 Å². The van der Waals surface area contributed by atoms with Crippen molar-refractivity contribution in [3.05, 3.63) is 18.5 Å². The highest BCUT2D eigenvalue weighted by molar-refractivity contribution is 5.66. The first-order chi connectivity index (χ1) is 7.68. The van der Waals surface area contributed by atoms with Gasteiger partial charge >= 0.3 is 0 Å². The summed E-state index contributed by atoms with van der Waals surface area (Å²) in [6.45, 7) is 2.34. The minimum atomic E-state index is 0.640. The number of aromatic nitrogens is 1. The van der Waals surface area contributed by atoms with Gasteiger partial charge in [0.25, 0.3) is 0 Å². The van der Waals surface area contributed by atoms with Crippen LogP contribution in [-0.4, -0.2) is 18.1 Å². The van der Waals surface area contributed by atoms with Gasteiger partial charge in [-0.15, -0.1) is 0 Å². The Labute approximate surface area is 97.7 Å². The minimum absolute atomic E-state index is 0.640. The lowest BCUT2D eigenvalue weighted by atomic mass is 9.86. The lowest BCUT2D eigenvalue weighted by molar-refractivity contribution is 0.341. The number of nitrogens with two attached hydrogens (primary N) is 1. The lowest BCUT2D eigenvalue weighted by Gasteiger charge is -2.35. The molecule has 3 heteroatoms. The van der Waals surface area contributed by atoms with Crippen molar-refractivity contribution in [3.8, 4) is 0 Å². The second-order valence-corrected chi connectivity index (χ2v) is 4.96. The fraction of sp³-hybridized carbons (Fsp3) is 0.615. The smallest absolute Gasteiger partial charge is 0.0738 e. The van der Waals surface area contributed by atoms with Crippen molar-refractivity contribution in [1.29, 1.82) is 0 Å². The molecule has 1 heterocycles. The molecule has 0 aromatic carbocycles. The number of anilines is 2. The van der Waals surface area contributed by atoms with E-state index in [1.165, 1.54) is 25.7 Å². The highest BCUT2D eigenvalue weighted by Gasteiger charge is 2.22. The van der Waals surface area contributed by atoms with E-state index in [0.717, 1.165) is 17.3 Å². The van der Waals surface area contributed by atoms with Crippen LogP contribution >= 0.6 is 0 Å². The molecule has 0 bridgehead atoms. The zero-order chi connectivity index (χ0) is 11.5. The first-order valence-corrected chi connectivity index (χ1v) is 6.11. The van der Waals surface area contributed by atoms with Crippen LogP contribution in [0.15, 0.2) is 18.5 Å². The van der Waals surface area contributed by atoms with Gasteiger partial charge in [-0.05, 0) is 37.7 Å². The fourth-order valence-corrected chi connectivity index (χ4v) is 2.55. The van der Waals surface area contributed by atoms with Crippen LogP contribution in [0.4, 0.5) is 11.4 Å². The van der Waals surface area contributed by atoms with Gasteiger partial charge in [0.1, 0.15) is 0 Å². The van der Waals surface area contributed by atoms with E-state index in [4.69, 9.17) is 5.73 Å². The fourth-order valence-electron chi connectivity index (χ4n) is 2.55. The van der Waals surface area contributed by atoms with E-state index in [0.29, 0.717) is 6.04 Å². The molecule has 16 heavy (non-hydrogen) atoms. The summed E-state index contributed by atoms with van der Waals surface area (Å²) < 4.78 is 0. The van der Waals surface area contributed by atoms with Gasteiger partial charge in [-0.1, -0.05) is 6.92 Å². The molecule has 0 amide bonds. The van der Waals surface area contributed by atoms with Crippen LogP contribution in [0, 0.1) is 5.92 Å². The molecular weight excluding hydrogens is 198 g/mol. The Morgan fingerprint density at radius 2 is 2.00 bits per heavy atom. The van der Waals surface area contributed by atoms with Crippen LogP contribution in [0.5, 0.6) is 0 Å². The van der Waals surface area contributed by atoms with Crippen LogP contribution in [-0.2, 0) is 0 Å². The van der Waals surface area contributed by atoms with Gasteiger partial charge in [-0.25, -0.2) is 0 Å². The molecule has 1 aliphatic carbocycles. The maximum Gasteiger partial charge on any atom is 0.0738 e. The van der Waals surface area contributed by atoms with Crippen LogP contribution < -0.4 is 10.6 Å². The quantitative estimate of drug-likeness (QED) is 0.831. The Kier molecular flexibility index (Phi) is 3.32. The van der Waals surface area contributed by atoms with Crippen LogP contribution in [0.1, 0.15) is 32.6 Å². The summed E-state index contributed by atoms with van der Waals surface area (Å²) in [6, 6.07) is 2.65. The molecular formula is C13H21N3. The van der Waals surface area contributed by atoms with E-state index in [1.807, 2.05) is 12.3 Å². The van der Waals surface area contributed by atoms with E-state index in [9.17, 15) is 0 Å². The van der Waals surface area contributed by atoms with Crippen molar-refractivity contribution < 1.29 is 0 Å². The molecule has 0 saturated heterocycles. The number of nitrogen functional groups attached to an aromatic ring is 1. The lowest BCUT2D eigenvalue weighted by Crippen LogP contribution is -2.35. The maximum atomic E-state index is 5.95. The molecule has 0 unspecified atom stereocenters. The van der Waals surface area contributed by atoms with Crippen LogP contribution in [0.25, 0.3) is 0 Å². The van der Waals surface area contributed by atoms with Gasteiger partial charge in [0.15, 0.2) is 0 Å². The maximum absolute atomic E-state index is 5.95. The number of pyridine rings is 1. The van der Waals surface area contributed by atoms with Gasteiger partial charge in [0.2, 0.25) is 0 Å². The van der Waals surface area contributed by atoms with E-state index >= 15 is 0 Å². The molecule has 88 valence electrons. The van der Waals surface area contributed by atoms with Gasteiger partial charge in [0.05, 0.1) is 17.6 Å². The summed E-state index contributed by atoms with van der Waals surface area (Å²) in [6.07, 6.45) is 8.77. The highest BCUT2D eigenvalue weighted by Crippen LogP contribution is 2.31. The summed E-state index contributed by atoms with van der Waals surface area (Å²) in [4.78, 5) is 6.36. The normalized spacial score (nSPS) is 25.4. The van der Waals surface area contributed by atoms with Gasteiger partial charge in [-0.3, -0.25) is 4.98 Å². The molecule has 0 atom stereocenters. The Balaban J connectivity index is 2.07. The first kappa shape index (κ1) is 11.2. The molecule has 1 fully saturated rings. The van der Waals surface area contributed by atoms with E-state index in [1.54, 1.807) is 6.20 Å². The Morgan fingerprint density at radius 3 is 2.62 bits per heavy atom. The highest BCUT2D eigenvalue weighted by atomic mass is 15.1. The van der Waals surface area contributed by atoms with E-state index < -0.39 is 0 Å². The molecule has 0 radical (unpaired) electrons. The van der Waals surface area contributed by atoms with Crippen molar-refractivity contribution in [2.45, 2.75) is 38.6 Å². The predicted molar refractivity (Wildman–Crippen MR) is 68.5 cm³/mol. The zero-order valence-electron chi connectivity index (χ0n) is 10.2. The van der Waals surface area contributed by atoms with Crippen LogP contribution in [0.2, 0.25) is 0 Å². The number of hydrogen-bond acceptors (Lipinski definition) is 3. The zero-order valence-corrected chi connectivity index (χ0v) is 10.2. The third kappa shape index (κ3) is 2.29. The standard InChI is InChI=1S/C13H21N3/c1-10-3-5-11(6-4-10)16(2)13-7-8-15-9-12(13)14/h7-11H,3-6,14H2,1-2H3. The van der Waals surface area contributed by atoms with Crippen molar-refractivity contribution in [2.24, 2.45) is 5.92 Å². The Bertz CT molecular complexity index is 343. The largest absolute Gasteiger partial charge is 0.396 e. The minimum Gasteiger partial charge on any atom is -0.396 e. The average Bonchev–Trinajstić information content (AvgIpc) is 2.30. The third-order valence-corrected chi connectivity index (χ3v) is 3.74. The topological polar surface area (TPSA) is 42.2 Å². The molecule has 0 aliphatic heterocycles. The summed E-state index contributed by atoms with van der Waals surface area (Å²) >= 11 is 0. The number of nitrogens with zero attached hydrogens (tertiary/aromatic N) is 2. The van der Waals surface area contributed by atoms with Crippen molar-refractivity contribution in [1.82, 2.24) is 4.98 Å². The second kappa shape index (κ2) is 4.73. The molecule has 1 saturated carbocycles. The number of rotatable bonds is 2. The monoisotopic (exact) mass is 219 g/mol. The Hall–Kier alpha value is -1.25. The predicted octanol–water partition coefficient (Wildman–Crippen LogP) is 2.68. The molecule has 1 aromatic heterocycles. The molecule has 1 aromatic rings. The first-order valence-electron chi connectivity index (χ1n) is 6.11. The second-order valence-electron chi connectivity index (χ2n) is 4.96. The van der Waals surface area contributed by atoms with Gasteiger partial charge in [0, 0.05) is 19.3 Å². The average molecular weight is 219 g/mol. The number of hydrogen-bond donors (Lipinski definition) is 1. The van der Waals surface area contributed by atoms with Crippen molar-refractivity contribution in [2.75, 3.05) is 17.7 Å². The summed E-state index contributed by atoms with van der Waals surface area (Å²) in [5, 5.41) is 0. The molecule has 0 spiro atoms. The molecule has 2 N–H and O–H groups in total. The van der Waals surface area contributed by atoms with Crippen molar-refractivity contribution in [3.63, 3.8) is 0 Å². The summed E-state index contributed by atoms with van der Waals surface area (Å²) in [7, 11) is 2.15. The molecule has 1 aliphatic rings. The van der Waals surface area contributed by atoms with Gasteiger partial charge in [-0.2, -0.15) is 0 Å². The third-order valence-electron chi connectivity index (χ3n) is 3.74. The summed E-state index contributed by atoms with van der Waals surface area (Å²) in [5.41, 5.74) is 7.85. The van der Waals surface area contributed by atoms with E-state index in [-0.39, 0.29) is 0 Å². The molecule has 3 nitrogen and oxygen atoms in total. The van der Waals surface area contributed by atoms with E-state index in [2.05, 4.69) is 23.9 Å². The Morgan fingerprint density at radius 1 is 1.31 bits per heavy atom. The SMILES string of the molecule is CC1CCC(N(C)c2ccncc2N)CC1. The molecule has 2 rings (SSSR count). The summed E-state index contributed by atoms with van der Waals surface area (Å²) in [5.74, 6) is 0.888. The van der Waals surface area contributed by atoms with Crippen molar-refractivity contribution >= 4 is 11.4 Å². The van der Waals surface area contributed by atoms with Gasteiger partial charge < -0.3 is 10.6 Å².